The van der Waals surface area contributed by atoms with Gasteiger partial charge < -0.3 is 4.42 Å². The molecule has 0 aliphatic rings. The van der Waals surface area contributed by atoms with Gasteiger partial charge in [0.05, 0.1) is 11.2 Å². The van der Waals surface area contributed by atoms with Crippen molar-refractivity contribution >= 4 is 38.4 Å². The van der Waals surface area contributed by atoms with Crippen molar-refractivity contribution in [2.75, 3.05) is 0 Å². The summed E-state index contributed by atoms with van der Waals surface area (Å²) in [5.41, 5.74) is 12.4. The minimum Gasteiger partial charge on any atom is -0.456 e. The van der Waals surface area contributed by atoms with Crippen molar-refractivity contribution in [2.24, 2.45) is 0 Å². The van der Waals surface area contributed by atoms with E-state index in [1.165, 1.54) is 0 Å². The Balaban J connectivity index is 1.24. The summed E-state index contributed by atoms with van der Waals surface area (Å²) in [6, 6.07) is 48.4. The van der Waals surface area contributed by atoms with Gasteiger partial charge in [0, 0.05) is 27.3 Å². The number of hydrogen-bond acceptors (Lipinski definition) is 3. The molecule has 0 bridgehead atoms. The Hall–Kier alpha value is -6.06. The highest BCUT2D eigenvalue weighted by molar-refractivity contribution is 6.12. The summed E-state index contributed by atoms with van der Waals surface area (Å²) in [5.74, 6) is 0.679. The van der Waals surface area contributed by atoms with Gasteiger partial charge in [-0.3, -0.25) is 0 Å². The SMILES string of the molecule is C=C/C=C(/c1nc(-c2ccccc2)c2cc(-c3ccc(-c4cccc5oc6ccccc6c45)cc3)ccc2n1)c1ccccc1C. The average Bonchev–Trinajstić information content (AvgIpc) is 3.50. The van der Waals surface area contributed by atoms with E-state index in [1.807, 2.05) is 36.4 Å². The molecule has 0 unspecified atom stereocenters. The molecule has 2 heterocycles. The van der Waals surface area contributed by atoms with E-state index in [0.717, 1.165) is 83.1 Å². The van der Waals surface area contributed by atoms with Crippen LogP contribution in [0.1, 0.15) is 17.0 Å². The maximum absolute atomic E-state index is 6.14. The third kappa shape index (κ3) is 4.79. The fourth-order valence-corrected chi connectivity index (χ4v) is 6.38. The van der Waals surface area contributed by atoms with Gasteiger partial charge in [0.2, 0.25) is 0 Å². The molecule has 0 saturated heterocycles. The van der Waals surface area contributed by atoms with Gasteiger partial charge in [-0.25, -0.2) is 9.97 Å². The number of aryl methyl sites for hydroxylation is 1. The van der Waals surface area contributed by atoms with Crippen LogP contribution in [0, 0.1) is 6.92 Å². The van der Waals surface area contributed by atoms with Crippen LogP contribution in [0.4, 0.5) is 0 Å². The molecule has 8 aromatic rings. The predicted octanol–water partition coefficient (Wildman–Crippen LogP) is 11.5. The molecule has 6 aromatic carbocycles. The Morgan fingerprint density at radius 3 is 2.15 bits per heavy atom. The van der Waals surface area contributed by atoms with Gasteiger partial charge in [-0.1, -0.05) is 134 Å². The van der Waals surface area contributed by atoms with Gasteiger partial charge in [-0.15, -0.1) is 0 Å². The first kappa shape index (κ1) is 27.5. The summed E-state index contributed by atoms with van der Waals surface area (Å²) < 4.78 is 6.14. The van der Waals surface area contributed by atoms with Crippen LogP contribution >= 0.6 is 0 Å². The largest absolute Gasteiger partial charge is 0.456 e. The zero-order valence-electron chi connectivity index (χ0n) is 25.4. The van der Waals surface area contributed by atoms with Gasteiger partial charge in [-0.05, 0) is 64.6 Å². The Labute approximate surface area is 267 Å². The molecule has 8 rings (SSSR count). The lowest BCUT2D eigenvalue weighted by atomic mass is 9.95. The van der Waals surface area contributed by atoms with E-state index < -0.39 is 0 Å². The third-order valence-electron chi connectivity index (χ3n) is 8.64. The van der Waals surface area contributed by atoms with Crippen molar-refractivity contribution in [1.29, 1.82) is 0 Å². The summed E-state index contributed by atoms with van der Waals surface area (Å²) in [4.78, 5) is 10.3. The molecule has 0 aliphatic heterocycles. The highest BCUT2D eigenvalue weighted by Crippen LogP contribution is 2.38. The van der Waals surface area contributed by atoms with E-state index in [-0.39, 0.29) is 0 Å². The van der Waals surface area contributed by atoms with Crippen LogP contribution in [0.15, 0.2) is 163 Å². The van der Waals surface area contributed by atoms with Crippen LogP contribution in [0.3, 0.4) is 0 Å². The van der Waals surface area contributed by atoms with Crippen LogP contribution in [-0.4, -0.2) is 9.97 Å². The molecular weight excluding hydrogens is 560 g/mol. The lowest BCUT2D eigenvalue weighted by Crippen LogP contribution is -2.01. The number of rotatable bonds is 6. The lowest BCUT2D eigenvalue weighted by Gasteiger charge is -2.14. The third-order valence-corrected chi connectivity index (χ3v) is 8.64. The maximum atomic E-state index is 6.14. The first-order valence-electron chi connectivity index (χ1n) is 15.5. The zero-order valence-corrected chi connectivity index (χ0v) is 25.4. The minimum absolute atomic E-state index is 0.679. The van der Waals surface area contributed by atoms with E-state index in [0.29, 0.717) is 5.82 Å². The summed E-state index contributed by atoms with van der Waals surface area (Å²) in [5, 5.41) is 3.29. The molecule has 0 spiro atoms. The van der Waals surface area contributed by atoms with Crippen LogP contribution in [-0.2, 0) is 0 Å². The number of nitrogens with zero attached hydrogens (tertiary/aromatic N) is 2. The summed E-state index contributed by atoms with van der Waals surface area (Å²) in [7, 11) is 0. The molecule has 2 aromatic heterocycles. The monoisotopic (exact) mass is 590 g/mol. The highest BCUT2D eigenvalue weighted by Gasteiger charge is 2.17. The van der Waals surface area contributed by atoms with Gasteiger partial charge in [0.15, 0.2) is 5.82 Å². The molecule has 0 fully saturated rings. The van der Waals surface area contributed by atoms with E-state index in [1.54, 1.807) is 6.08 Å². The van der Waals surface area contributed by atoms with Crippen molar-refractivity contribution < 1.29 is 4.42 Å². The molecule has 3 heteroatoms. The zero-order chi connectivity index (χ0) is 31.0. The Bertz CT molecular complexity index is 2430. The number of allylic oxidation sites excluding steroid dienone is 2. The molecule has 0 atom stereocenters. The first-order chi connectivity index (χ1) is 22.7. The molecule has 0 aliphatic carbocycles. The van der Waals surface area contributed by atoms with Crippen molar-refractivity contribution in [3.8, 4) is 33.5 Å². The molecular formula is C43H30N2O. The van der Waals surface area contributed by atoms with Crippen LogP contribution in [0.25, 0.3) is 71.9 Å². The van der Waals surface area contributed by atoms with Gasteiger partial charge in [0.1, 0.15) is 11.2 Å². The number of hydrogen-bond donors (Lipinski definition) is 0. The number of furan rings is 1. The van der Waals surface area contributed by atoms with Crippen LogP contribution < -0.4 is 0 Å². The van der Waals surface area contributed by atoms with E-state index in [2.05, 4.69) is 123 Å². The predicted molar refractivity (Wildman–Crippen MR) is 192 cm³/mol. The maximum Gasteiger partial charge on any atom is 0.161 e. The normalized spacial score (nSPS) is 11.8. The molecule has 3 nitrogen and oxygen atoms in total. The topological polar surface area (TPSA) is 38.9 Å². The molecule has 0 amide bonds. The quantitative estimate of drug-likeness (QED) is 0.181. The standard InChI is InChI=1S/C43H30N2O/c1-3-12-35(33-16-8-7-13-28(33)2)43-44-38-26-25-32(27-37(38)42(45-43)31-14-5-4-6-15-31)29-21-23-30(24-22-29)34-18-11-20-40-41(34)36-17-9-10-19-39(36)46-40/h3-27H,1H2,2H3/b35-12+. The lowest BCUT2D eigenvalue weighted by molar-refractivity contribution is 0.669. The second-order valence-corrected chi connectivity index (χ2v) is 11.5. The Morgan fingerprint density at radius 2 is 1.33 bits per heavy atom. The van der Waals surface area contributed by atoms with Crippen molar-refractivity contribution in [1.82, 2.24) is 9.97 Å². The van der Waals surface area contributed by atoms with E-state index in [4.69, 9.17) is 14.4 Å². The first-order valence-corrected chi connectivity index (χ1v) is 15.5. The highest BCUT2D eigenvalue weighted by atomic mass is 16.3. The number of para-hydroxylation sites is 1. The molecule has 218 valence electrons. The van der Waals surface area contributed by atoms with Gasteiger partial charge >= 0.3 is 0 Å². The van der Waals surface area contributed by atoms with Crippen LogP contribution in [0.5, 0.6) is 0 Å². The fraction of sp³-hybridized carbons (Fsp3) is 0.0233. The fourth-order valence-electron chi connectivity index (χ4n) is 6.38. The van der Waals surface area contributed by atoms with E-state index >= 15 is 0 Å². The number of benzene rings is 6. The summed E-state index contributed by atoms with van der Waals surface area (Å²) in [6.45, 7) is 6.10. The number of fused-ring (bicyclic) bond motifs is 4. The van der Waals surface area contributed by atoms with Gasteiger partial charge in [0.25, 0.3) is 0 Å². The van der Waals surface area contributed by atoms with Crippen molar-refractivity contribution in [2.45, 2.75) is 6.92 Å². The van der Waals surface area contributed by atoms with Gasteiger partial charge in [-0.2, -0.15) is 0 Å². The molecule has 0 N–H and O–H groups in total. The average molecular weight is 591 g/mol. The Morgan fingerprint density at radius 1 is 0.609 bits per heavy atom. The van der Waals surface area contributed by atoms with E-state index in [9.17, 15) is 0 Å². The summed E-state index contributed by atoms with van der Waals surface area (Å²) in [6.07, 6.45) is 3.81. The number of aromatic nitrogens is 2. The molecule has 46 heavy (non-hydrogen) atoms. The second kappa shape index (κ2) is 11.5. The van der Waals surface area contributed by atoms with Crippen molar-refractivity contribution in [3.05, 3.63) is 175 Å². The smallest absolute Gasteiger partial charge is 0.161 e. The Kier molecular flexibility index (Phi) is 6.85. The molecule has 0 radical (unpaired) electrons. The van der Waals surface area contributed by atoms with Crippen molar-refractivity contribution in [3.63, 3.8) is 0 Å². The minimum atomic E-state index is 0.679. The van der Waals surface area contributed by atoms with Crippen LogP contribution in [0.2, 0.25) is 0 Å². The summed E-state index contributed by atoms with van der Waals surface area (Å²) >= 11 is 0. The molecule has 0 saturated carbocycles. The second-order valence-electron chi connectivity index (χ2n) is 11.5.